The summed E-state index contributed by atoms with van der Waals surface area (Å²) in [6.45, 7) is 0.939. The van der Waals surface area contributed by atoms with Gasteiger partial charge in [0.2, 0.25) is 0 Å². The van der Waals surface area contributed by atoms with Crippen LogP contribution in [0.25, 0.3) is 0 Å². The van der Waals surface area contributed by atoms with E-state index in [0.29, 0.717) is 30.4 Å². The molecule has 1 aromatic carbocycles. The number of ether oxygens (including phenoxy) is 2. The van der Waals surface area contributed by atoms with Gasteiger partial charge in [-0.05, 0) is 30.7 Å². The number of nitrogens with two attached hydrogens (primary N) is 1. The zero-order chi connectivity index (χ0) is 12.8. The lowest BCUT2D eigenvalue weighted by Gasteiger charge is -2.10. The zero-order valence-electron chi connectivity index (χ0n) is 10.3. The van der Waals surface area contributed by atoms with Crippen LogP contribution in [0.1, 0.15) is 11.3 Å². The molecule has 0 aliphatic carbocycles. The van der Waals surface area contributed by atoms with Gasteiger partial charge in [0.05, 0.1) is 13.3 Å². The van der Waals surface area contributed by atoms with Crippen molar-refractivity contribution in [2.45, 2.75) is 13.0 Å². The quantitative estimate of drug-likeness (QED) is 0.843. The highest BCUT2D eigenvalue weighted by Crippen LogP contribution is 2.28. The Bertz CT molecular complexity index is 483. The summed E-state index contributed by atoms with van der Waals surface area (Å²) in [5.41, 5.74) is 6.65. The second-order valence-electron chi connectivity index (χ2n) is 3.79. The van der Waals surface area contributed by atoms with E-state index in [2.05, 4.69) is 5.16 Å². The SMILES string of the molecule is COc1cc(CCN)ccc1OCc1ccno1. The van der Waals surface area contributed by atoms with Gasteiger partial charge in [0.1, 0.15) is 6.61 Å². The van der Waals surface area contributed by atoms with Crippen LogP contribution >= 0.6 is 0 Å². The van der Waals surface area contributed by atoms with Gasteiger partial charge < -0.3 is 19.7 Å². The third-order valence-corrected chi connectivity index (χ3v) is 2.52. The average molecular weight is 248 g/mol. The highest BCUT2D eigenvalue weighted by Gasteiger charge is 2.07. The molecule has 0 spiro atoms. The minimum absolute atomic E-state index is 0.326. The molecular formula is C13H16N2O3. The van der Waals surface area contributed by atoms with Gasteiger partial charge in [0, 0.05) is 6.07 Å². The normalized spacial score (nSPS) is 10.3. The number of nitrogens with zero attached hydrogens (tertiary/aromatic N) is 1. The summed E-state index contributed by atoms with van der Waals surface area (Å²) in [6.07, 6.45) is 2.40. The van der Waals surface area contributed by atoms with Crippen LogP contribution < -0.4 is 15.2 Å². The molecule has 2 aromatic rings. The fraction of sp³-hybridized carbons (Fsp3) is 0.308. The maximum absolute atomic E-state index is 5.62. The molecule has 2 N–H and O–H groups in total. The van der Waals surface area contributed by atoms with Crippen molar-refractivity contribution in [2.75, 3.05) is 13.7 Å². The summed E-state index contributed by atoms with van der Waals surface area (Å²) in [5.74, 6) is 2.04. The maximum atomic E-state index is 5.62. The summed E-state index contributed by atoms with van der Waals surface area (Å²) in [4.78, 5) is 0. The number of rotatable bonds is 6. The van der Waals surface area contributed by atoms with E-state index < -0.39 is 0 Å². The van der Waals surface area contributed by atoms with E-state index in [9.17, 15) is 0 Å². The summed E-state index contributed by atoms with van der Waals surface area (Å²) in [6, 6.07) is 7.54. The average Bonchev–Trinajstić information content (AvgIpc) is 2.90. The summed E-state index contributed by atoms with van der Waals surface area (Å²) < 4.78 is 15.9. The maximum Gasteiger partial charge on any atom is 0.174 e. The Balaban J connectivity index is 2.07. The van der Waals surface area contributed by atoms with Crippen LogP contribution in [0.3, 0.4) is 0 Å². The molecule has 0 amide bonds. The molecule has 96 valence electrons. The Morgan fingerprint density at radius 3 is 2.83 bits per heavy atom. The molecule has 1 aromatic heterocycles. The van der Waals surface area contributed by atoms with Crippen molar-refractivity contribution in [3.63, 3.8) is 0 Å². The first-order valence-corrected chi connectivity index (χ1v) is 5.73. The van der Waals surface area contributed by atoms with Crippen LogP contribution in [-0.2, 0) is 13.0 Å². The smallest absolute Gasteiger partial charge is 0.174 e. The lowest BCUT2D eigenvalue weighted by atomic mass is 10.1. The predicted octanol–water partition coefficient (Wildman–Crippen LogP) is 1.76. The first-order chi connectivity index (χ1) is 8.83. The van der Waals surface area contributed by atoms with Gasteiger partial charge in [-0.3, -0.25) is 0 Å². The minimum Gasteiger partial charge on any atom is -0.493 e. The van der Waals surface area contributed by atoms with Crippen molar-refractivity contribution in [3.05, 3.63) is 41.8 Å². The van der Waals surface area contributed by atoms with Crippen LogP contribution in [0.5, 0.6) is 11.5 Å². The molecule has 0 radical (unpaired) electrons. The molecule has 0 fully saturated rings. The number of methoxy groups -OCH3 is 1. The summed E-state index contributed by atoms with van der Waals surface area (Å²) in [7, 11) is 1.61. The van der Waals surface area contributed by atoms with Crippen molar-refractivity contribution in [1.82, 2.24) is 5.16 Å². The summed E-state index contributed by atoms with van der Waals surface area (Å²) >= 11 is 0. The fourth-order valence-corrected chi connectivity index (χ4v) is 1.62. The summed E-state index contributed by atoms with van der Waals surface area (Å²) in [5, 5.41) is 3.62. The molecule has 0 aliphatic heterocycles. The molecule has 5 nitrogen and oxygen atoms in total. The number of aromatic nitrogens is 1. The van der Waals surface area contributed by atoms with Crippen molar-refractivity contribution in [2.24, 2.45) is 5.73 Å². The number of hydrogen-bond acceptors (Lipinski definition) is 5. The largest absolute Gasteiger partial charge is 0.493 e. The van der Waals surface area contributed by atoms with Crippen molar-refractivity contribution in [3.8, 4) is 11.5 Å². The van der Waals surface area contributed by atoms with E-state index in [-0.39, 0.29) is 0 Å². The molecule has 2 rings (SSSR count). The van der Waals surface area contributed by atoms with Gasteiger partial charge >= 0.3 is 0 Å². The van der Waals surface area contributed by atoms with E-state index in [4.69, 9.17) is 19.7 Å². The van der Waals surface area contributed by atoms with E-state index in [1.165, 1.54) is 0 Å². The molecular weight excluding hydrogens is 232 g/mol. The van der Waals surface area contributed by atoms with Gasteiger partial charge in [-0.15, -0.1) is 0 Å². The number of hydrogen-bond donors (Lipinski definition) is 1. The van der Waals surface area contributed by atoms with Gasteiger partial charge in [-0.25, -0.2) is 0 Å². The Morgan fingerprint density at radius 1 is 1.28 bits per heavy atom. The van der Waals surface area contributed by atoms with Crippen LogP contribution in [0.2, 0.25) is 0 Å². The first kappa shape index (κ1) is 12.4. The monoisotopic (exact) mass is 248 g/mol. The highest BCUT2D eigenvalue weighted by atomic mass is 16.5. The molecule has 0 bridgehead atoms. The minimum atomic E-state index is 0.326. The van der Waals surface area contributed by atoms with Crippen LogP contribution in [0.4, 0.5) is 0 Å². The molecule has 0 aliphatic rings. The van der Waals surface area contributed by atoms with Crippen molar-refractivity contribution < 1.29 is 14.0 Å². The van der Waals surface area contributed by atoms with Crippen LogP contribution in [0, 0.1) is 0 Å². The second-order valence-corrected chi connectivity index (χ2v) is 3.79. The van der Waals surface area contributed by atoms with Crippen LogP contribution in [-0.4, -0.2) is 18.8 Å². The van der Waals surface area contributed by atoms with E-state index in [1.807, 2.05) is 18.2 Å². The molecule has 0 atom stereocenters. The molecule has 18 heavy (non-hydrogen) atoms. The standard InChI is InChI=1S/C13H16N2O3/c1-16-13-8-10(4-6-14)2-3-12(13)17-9-11-5-7-15-18-11/h2-3,5,7-8H,4,6,9,14H2,1H3. The molecule has 5 heteroatoms. The Morgan fingerprint density at radius 2 is 2.17 bits per heavy atom. The molecule has 1 heterocycles. The lowest BCUT2D eigenvalue weighted by Crippen LogP contribution is -2.03. The third kappa shape index (κ3) is 3.01. The Hall–Kier alpha value is -2.01. The lowest BCUT2D eigenvalue weighted by molar-refractivity contribution is 0.239. The molecule has 0 saturated heterocycles. The Kier molecular flexibility index (Phi) is 4.20. The van der Waals surface area contributed by atoms with Crippen molar-refractivity contribution in [1.29, 1.82) is 0 Å². The van der Waals surface area contributed by atoms with Gasteiger partial charge in [0.25, 0.3) is 0 Å². The van der Waals surface area contributed by atoms with Crippen molar-refractivity contribution >= 4 is 0 Å². The fourth-order valence-electron chi connectivity index (χ4n) is 1.62. The van der Waals surface area contributed by atoms with E-state index >= 15 is 0 Å². The predicted molar refractivity (Wildman–Crippen MR) is 66.6 cm³/mol. The second kappa shape index (κ2) is 6.07. The highest BCUT2D eigenvalue weighted by molar-refractivity contribution is 5.43. The molecule has 0 saturated carbocycles. The molecule has 0 unspecified atom stereocenters. The van der Waals surface area contributed by atoms with Gasteiger partial charge in [-0.2, -0.15) is 0 Å². The Labute approximate surface area is 105 Å². The van der Waals surface area contributed by atoms with Crippen LogP contribution in [0.15, 0.2) is 35.0 Å². The number of benzene rings is 1. The topological polar surface area (TPSA) is 70.5 Å². The third-order valence-electron chi connectivity index (χ3n) is 2.52. The van der Waals surface area contributed by atoms with E-state index in [1.54, 1.807) is 19.4 Å². The van der Waals surface area contributed by atoms with Gasteiger partial charge in [-0.1, -0.05) is 11.2 Å². The van der Waals surface area contributed by atoms with Gasteiger partial charge in [0.15, 0.2) is 17.3 Å². The zero-order valence-corrected chi connectivity index (χ0v) is 10.3. The first-order valence-electron chi connectivity index (χ1n) is 5.73. The van der Waals surface area contributed by atoms with E-state index in [0.717, 1.165) is 12.0 Å².